The highest BCUT2D eigenvalue weighted by Gasteiger charge is 2.29. The molecule has 0 spiro atoms. The van der Waals surface area contributed by atoms with Gasteiger partial charge in [-0.2, -0.15) is 0 Å². The fraction of sp³-hybridized carbons (Fsp3) is 0.125. The zero-order valence-electron chi connectivity index (χ0n) is 7.16. The Morgan fingerprint density at radius 2 is 2.40 bits per heavy atom. The van der Waals surface area contributed by atoms with E-state index < -0.39 is 28.4 Å². The van der Waals surface area contributed by atoms with Gasteiger partial charge in [-0.25, -0.2) is 10.3 Å². The molecule has 1 aliphatic carbocycles. The van der Waals surface area contributed by atoms with Crippen LogP contribution in [0.15, 0.2) is 33.3 Å². The average Bonchev–Trinajstić information content (AvgIpc) is 2.23. The van der Waals surface area contributed by atoms with E-state index in [1.807, 2.05) is 0 Å². The van der Waals surface area contributed by atoms with E-state index in [4.69, 9.17) is 27.5 Å². The van der Waals surface area contributed by atoms with Crippen LogP contribution >= 0.6 is 11.6 Å². The van der Waals surface area contributed by atoms with Gasteiger partial charge in [0.25, 0.3) is 0 Å². The molecule has 0 bridgehead atoms. The Morgan fingerprint density at radius 3 is 2.87 bits per heavy atom. The summed E-state index contributed by atoms with van der Waals surface area (Å²) in [6, 6.07) is 0. The Labute approximate surface area is 88.5 Å². The molecule has 1 rings (SSSR count). The molecule has 0 amide bonds. The van der Waals surface area contributed by atoms with E-state index in [1.54, 1.807) is 0 Å². The fourth-order valence-corrected chi connectivity index (χ4v) is 1.28. The molecule has 0 aliphatic heterocycles. The summed E-state index contributed by atoms with van der Waals surface area (Å²) in [5, 5.41) is 26.5. The van der Waals surface area contributed by atoms with Crippen LogP contribution in [-0.2, 0) is 0 Å². The third-order valence-corrected chi connectivity index (χ3v) is 2.13. The number of alkyl halides is 1. The Hall–Kier alpha value is -1.78. The normalized spacial score (nSPS) is 20.8. The van der Waals surface area contributed by atoms with Gasteiger partial charge < -0.3 is 15.9 Å². The first-order chi connectivity index (χ1) is 7.02. The van der Waals surface area contributed by atoms with Crippen molar-refractivity contribution in [1.29, 1.82) is 5.41 Å². The molecule has 78 valence electrons. The minimum Gasteiger partial charge on any atom is -0.760 e. The van der Waals surface area contributed by atoms with Gasteiger partial charge in [-0.1, -0.05) is 11.6 Å². The first kappa shape index (κ1) is 11.3. The minimum absolute atomic E-state index is 0.271. The first-order valence-corrected chi connectivity index (χ1v) is 4.04. The molecule has 1 aliphatic rings. The van der Waals surface area contributed by atoms with Crippen molar-refractivity contribution in [3.05, 3.63) is 38.5 Å². The summed E-state index contributed by atoms with van der Waals surface area (Å²) >= 11 is 5.53. The van der Waals surface area contributed by atoms with Gasteiger partial charge in [-0.15, -0.1) is 4.91 Å². The zero-order chi connectivity index (χ0) is 11.6. The number of nitrogens with zero attached hydrogens (tertiary/aromatic N) is 2. The fourth-order valence-electron chi connectivity index (χ4n) is 1.01. The Morgan fingerprint density at radius 1 is 1.80 bits per heavy atom. The number of hydrogen-bond donors (Lipinski definition) is 2. The van der Waals surface area contributed by atoms with Crippen LogP contribution in [-0.4, -0.2) is 22.9 Å². The molecule has 7 heteroatoms. The quantitative estimate of drug-likeness (QED) is 0.430. The molecule has 0 saturated heterocycles. The molecule has 1 unspecified atom stereocenters. The lowest BCUT2D eigenvalue weighted by Crippen LogP contribution is -2.20. The van der Waals surface area contributed by atoms with Crippen molar-refractivity contribution in [1.82, 2.24) is 0 Å². The zero-order valence-corrected chi connectivity index (χ0v) is 7.92. The number of nitroso groups, excluding NO2 is 1. The van der Waals surface area contributed by atoms with E-state index in [0.717, 1.165) is 6.08 Å². The summed E-state index contributed by atoms with van der Waals surface area (Å²) in [7, 11) is 0. The maximum atomic E-state index is 13.2. The second-order valence-electron chi connectivity index (χ2n) is 2.63. The van der Waals surface area contributed by atoms with Crippen molar-refractivity contribution in [2.75, 3.05) is 0 Å². The summed E-state index contributed by atoms with van der Waals surface area (Å²) < 4.78 is 13.2. The molecule has 15 heavy (non-hydrogen) atoms. The topological polar surface area (TPSA) is 95.8 Å². The Bertz CT molecular complexity index is 449. The summed E-state index contributed by atoms with van der Waals surface area (Å²) in [6.45, 7) is 0. The van der Waals surface area contributed by atoms with Gasteiger partial charge in [0.15, 0.2) is 6.17 Å². The molecule has 0 saturated carbocycles. The van der Waals surface area contributed by atoms with Gasteiger partial charge in [-0.3, -0.25) is 0 Å². The predicted octanol–water partition coefficient (Wildman–Crippen LogP) is 2.18. The number of hydrogen-bond acceptors (Lipinski definition) is 4. The molecular formula is C8H4ClFN3O2-. The van der Waals surface area contributed by atoms with Crippen LogP contribution in [0.25, 0.3) is 5.41 Å². The molecular weight excluding hydrogens is 225 g/mol. The number of rotatable bonds is 2. The number of halogens is 2. The minimum atomic E-state index is -2.02. The molecule has 0 radical (unpaired) electrons. The van der Waals surface area contributed by atoms with E-state index >= 15 is 0 Å². The maximum absolute atomic E-state index is 13.2. The van der Waals surface area contributed by atoms with Crippen molar-refractivity contribution in [3.8, 4) is 0 Å². The Balaban J connectivity index is 3.38. The van der Waals surface area contributed by atoms with Gasteiger partial charge in [0.05, 0.1) is 10.7 Å². The second kappa shape index (κ2) is 4.16. The second-order valence-corrected chi connectivity index (χ2v) is 3.00. The summed E-state index contributed by atoms with van der Waals surface area (Å²) in [6.07, 6.45) is -1.15. The third-order valence-electron chi connectivity index (χ3n) is 1.73. The van der Waals surface area contributed by atoms with Gasteiger partial charge >= 0.3 is 0 Å². The molecule has 0 aromatic rings. The molecule has 0 aromatic carbocycles. The van der Waals surface area contributed by atoms with Crippen LogP contribution < -0.4 is 0 Å². The van der Waals surface area contributed by atoms with Crippen LogP contribution in [0.5, 0.6) is 0 Å². The molecule has 5 nitrogen and oxygen atoms in total. The molecule has 0 fully saturated rings. The van der Waals surface area contributed by atoms with Crippen LogP contribution in [0, 0.1) is 10.3 Å². The van der Waals surface area contributed by atoms with Crippen LogP contribution in [0.1, 0.15) is 0 Å². The van der Waals surface area contributed by atoms with Crippen molar-refractivity contribution in [3.63, 3.8) is 0 Å². The monoisotopic (exact) mass is 228 g/mol. The van der Waals surface area contributed by atoms with Gasteiger partial charge in [0, 0.05) is 5.57 Å². The SMILES string of the molecule is [N-]=C=C(O)C1=CC(=N)C(F)C(N=O)=C1Cl. The maximum Gasteiger partial charge on any atom is 0.188 e. The largest absolute Gasteiger partial charge is 0.760 e. The average molecular weight is 229 g/mol. The number of allylic oxidation sites excluding steroid dienone is 3. The lowest BCUT2D eigenvalue weighted by molar-refractivity contribution is 0.431. The molecule has 1 atom stereocenters. The summed E-state index contributed by atoms with van der Waals surface area (Å²) in [5.41, 5.74) is -1.57. The molecule has 0 heterocycles. The lowest BCUT2D eigenvalue weighted by Gasteiger charge is -2.16. The third kappa shape index (κ3) is 1.86. The first-order valence-electron chi connectivity index (χ1n) is 3.67. The van der Waals surface area contributed by atoms with Crippen LogP contribution in [0.2, 0.25) is 0 Å². The van der Waals surface area contributed by atoms with E-state index in [-0.39, 0.29) is 5.57 Å². The highest BCUT2D eigenvalue weighted by Crippen LogP contribution is 2.32. The van der Waals surface area contributed by atoms with E-state index in [0.29, 0.717) is 0 Å². The van der Waals surface area contributed by atoms with Crippen molar-refractivity contribution in [2.24, 2.45) is 5.18 Å². The van der Waals surface area contributed by atoms with Crippen LogP contribution in [0.3, 0.4) is 0 Å². The van der Waals surface area contributed by atoms with Crippen molar-refractivity contribution in [2.45, 2.75) is 6.17 Å². The summed E-state index contributed by atoms with van der Waals surface area (Å²) in [4.78, 5) is 10.3. The number of aliphatic hydroxyl groups excluding tert-OH is 1. The summed E-state index contributed by atoms with van der Waals surface area (Å²) in [5.74, 6) is 0.574. The lowest BCUT2D eigenvalue weighted by atomic mass is 10.00. The van der Waals surface area contributed by atoms with E-state index in [2.05, 4.69) is 5.18 Å². The van der Waals surface area contributed by atoms with Gasteiger partial charge in [-0.05, 0) is 11.3 Å². The smallest absolute Gasteiger partial charge is 0.188 e. The highest BCUT2D eigenvalue weighted by atomic mass is 35.5. The van der Waals surface area contributed by atoms with Crippen molar-refractivity contribution >= 4 is 23.2 Å². The van der Waals surface area contributed by atoms with E-state index in [9.17, 15) is 9.30 Å². The standard InChI is InChI=1S/C8H4ClFN3O2/c9-6-3(5(14)2-11)1-4(12)7(10)8(6)13-15/h1,7,12,14H/q-1. The van der Waals surface area contributed by atoms with E-state index in [1.165, 1.54) is 5.87 Å². The molecule has 2 N–H and O–H groups in total. The van der Waals surface area contributed by atoms with Crippen LogP contribution in [0.4, 0.5) is 4.39 Å². The van der Waals surface area contributed by atoms with Crippen molar-refractivity contribution < 1.29 is 9.50 Å². The van der Waals surface area contributed by atoms with Gasteiger partial charge in [0.2, 0.25) is 0 Å². The Kier molecular flexibility index (Phi) is 3.14. The van der Waals surface area contributed by atoms with Gasteiger partial charge in [0.1, 0.15) is 11.5 Å². The number of aliphatic hydroxyl groups is 1. The number of nitrogens with one attached hydrogen (secondary N) is 1. The molecule has 0 aromatic heterocycles. The highest BCUT2D eigenvalue weighted by molar-refractivity contribution is 6.34. The predicted molar refractivity (Wildman–Crippen MR) is 53.9 cm³/mol.